The summed E-state index contributed by atoms with van der Waals surface area (Å²) < 4.78 is 33.5. The molecule has 4 N–H and O–H groups in total. The Kier molecular flexibility index (Phi) is 44.7. The summed E-state index contributed by atoms with van der Waals surface area (Å²) >= 11 is 0. The quantitative estimate of drug-likeness (QED) is 0.0233. The molecule has 0 aliphatic carbocycles. The number of carboxylic acids is 1. The maximum absolute atomic E-state index is 12.7. The summed E-state index contributed by atoms with van der Waals surface area (Å²) in [5, 5.41) is 8.92. The normalized spacial score (nSPS) is 13.8. The Morgan fingerprint density at radius 2 is 0.867 bits per heavy atom. The van der Waals surface area contributed by atoms with E-state index in [1.807, 2.05) is 0 Å². The van der Waals surface area contributed by atoms with Gasteiger partial charge in [-0.2, -0.15) is 0 Å². The molecule has 0 aromatic carbocycles. The number of allylic oxidation sites excluding steroid dienone is 2. The first-order valence-corrected chi connectivity index (χ1v) is 26.7. The number of carbonyl (C=O) groups is 2. The van der Waals surface area contributed by atoms with Crippen LogP contribution in [0.15, 0.2) is 12.2 Å². The summed E-state index contributed by atoms with van der Waals surface area (Å²) in [7, 11) is -4.62. The molecule has 0 heterocycles. The predicted molar refractivity (Wildman–Crippen MR) is 249 cm³/mol. The Hall–Kier alpha value is -1.29. The van der Waals surface area contributed by atoms with E-state index in [2.05, 4.69) is 26.0 Å². The van der Waals surface area contributed by atoms with Gasteiger partial charge in [-0.3, -0.25) is 18.6 Å². The first-order valence-electron chi connectivity index (χ1n) is 25.2. The van der Waals surface area contributed by atoms with Gasteiger partial charge in [-0.05, 0) is 38.5 Å². The van der Waals surface area contributed by atoms with E-state index in [0.717, 1.165) is 44.9 Å². The van der Waals surface area contributed by atoms with Crippen molar-refractivity contribution in [1.29, 1.82) is 0 Å². The summed E-state index contributed by atoms with van der Waals surface area (Å²) in [6.45, 7) is 3.91. The molecule has 0 saturated carbocycles. The maximum Gasteiger partial charge on any atom is 0.472 e. The first-order chi connectivity index (χ1) is 29.2. The largest absolute Gasteiger partial charge is 0.480 e. The minimum absolute atomic E-state index is 0.0186. The molecule has 0 spiro atoms. The molecule has 3 unspecified atom stereocenters. The molecule has 356 valence electrons. The Balaban J connectivity index is 4.08. The molecule has 0 amide bonds. The van der Waals surface area contributed by atoms with E-state index in [1.165, 1.54) is 186 Å². The molecule has 0 aliphatic heterocycles. The Morgan fingerprint density at radius 3 is 1.27 bits per heavy atom. The average molecular weight is 874 g/mol. The van der Waals surface area contributed by atoms with Crippen LogP contribution in [0.25, 0.3) is 0 Å². The molecular formula is C49H96NO9P. The third-order valence-corrected chi connectivity index (χ3v) is 12.2. The van der Waals surface area contributed by atoms with E-state index in [4.69, 9.17) is 29.4 Å². The number of hydrogen-bond donors (Lipinski definition) is 3. The molecule has 0 aliphatic rings. The van der Waals surface area contributed by atoms with E-state index in [0.29, 0.717) is 6.61 Å². The van der Waals surface area contributed by atoms with Gasteiger partial charge >= 0.3 is 19.8 Å². The molecule has 11 heteroatoms. The second kappa shape index (κ2) is 45.7. The van der Waals surface area contributed by atoms with Gasteiger partial charge in [-0.25, -0.2) is 4.57 Å². The van der Waals surface area contributed by atoms with Crippen LogP contribution in [-0.2, 0) is 32.7 Å². The van der Waals surface area contributed by atoms with Gasteiger partial charge in [0.2, 0.25) is 0 Å². The lowest BCUT2D eigenvalue weighted by molar-refractivity contribution is -0.154. The van der Waals surface area contributed by atoms with E-state index < -0.39 is 45.1 Å². The number of unbranched alkanes of at least 4 members (excludes halogenated alkanes) is 33. The van der Waals surface area contributed by atoms with Crippen molar-refractivity contribution in [3.05, 3.63) is 12.2 Å². The summed E-state index contributed by atoms with van der Waals surface area (Å²) in [6, 6.07) is -1.47. The van der Waals surface area contributed by atoms with Crippen LogP contribution < -0.4 is 5.73 Å². The van der Waals surface area contributed by atoms with Crippen LogP contribution in [0.2, 0.25) is 0 Å². The summed E-state index contributed by atoms with van der Waals surface area (Å²) in [6.07, 6.45) is 49.9. The van der Waals surface area contributed by atoms with Crippen molar-refractivity contribution in [2.24, 2.45) is 5.73 Å². The van der Waals surface area contributed by atoms with Crippen LogP contribution in [0.5, 0.6) is 0 Å². The number of ether oxygens (including phenoxy) is 2. The second-order valence-corrected chi connectivity index (χ2v) is 18.8. The van der Waals surface area contributed by atoms with Gasteiger partial charge < -0.3 is 25.2 Å². The van der Waals surface area contributed by atoms with Crippen molar-refractivity contribution < 1.29 is 42.7 Å². The fraction of sp³-hybridized carbons (Fsp3) is 0.918. The summed E-state index contributed by atoms with van der Waals surface area (Å²) in [5.41, 5.74) is 5.37. The van der Waals surface area contributed by atoms with Crippen LogP contribution in [0, 0.1) is 0 Å². The van der Waals surface area contributed by atoms with Gasteiger partial charge in [-0.1, -0.05) is 219 Å². The smallest absolute Gasteiger partial charge is 0.472 e. The van der Waals surface area contributed by atoms with Crippen molar-refractivity contribution >= 4 is 19.8 Å². The lowest BCUT2D eigenvalue weighted by atomic mass is 10.0. The molecule has 60 heavy (non-hydrogen) atoms. The number of nitrogens with two attached hydrogens (primary N) is 1. The van der Waals surface area contributed by atoms with Crippen molar-refractivity contribution in [3.63, 3.8) is 0 Å². The molecule has 0 aromatic rings. The number of phosphoric ester groups is 1. The van der Waals surface area contributed by atoms with Crippen molar-refractivity contribution in [3.8, 4) is 0 Å². The first kappa shape index (κ1) is 58.7. The van der Waals surface area contributed by atoms with E-state index >= 15 is 0 Å². The minimum atomic E-state index is -4.62. The second-order valence-electron chi connectivity index (χ2n) is 17.3. The fourth-order valence-corrected chi connectivity index (χ4v) is 8.14. The fourth-order valence-electron chi connectivity index (χ4n) is 7.37. The molecule has 0 bridgehead atoms. The Morgan fingerprint density at radius 1 is 0.517 bits per heavy atom. The highest BCUT2D eigenvalue weighted by Gasteiger charge is 2.27. The molecule has 0 aromatic heterocycles. The molecule has 0 radical (unpaired) electrons. The Bertz CT molecular complexity index is 1010. The lowest BCUT2D eigenvalue weighted by Gasteiger charge is -2.20. The molecular weight excluding hydrogens is 778 g/mol. The van der Waals surface area contributed by atoms with E-state index in [1.54, 1.807) is 0 Å². The van der Waals surface area contributed by atoms with Crippen LogP contribution in [-0.4, -0.2) is 60.5 Å². The highest BCUT2D eigenvalue weighted by Crippen LogP contribution is 2.43. The lowest BCUT2D eigenvalue weighted by Crippen LogP contribution is -2.34. The van der Waals surface area contributed by atoms with Gasteiger partial charge in [0.05, 0.1) is 19.8 Å². The number of rotatable bonds is 49. The SMILES string of the molecule is CCCCCCC/C=C\CCCCCCCCOCC(COP(=O)(O)OCC(N)C(=O)O)OC(=O)CCCCCCCCCCCCCCCCCCCCCCCCC. The van der Waals surface area contributed by atoms with Crippen molar-refractivity contribution in [2.75, 3.05) is 26.4 Å². The van der Waals surface area contributed by atoms with Gasteiger partial charge in [0, 0.05) is 13.0 Å². The Labute approximate surface area is 369 Å². The highest BCUT2D eigenvalue weighted by molar-refractivity contribution is 7.47. The van der Waals surface area contributed by atoms with Gasteiger partial charge in [0.1, 0.15) is 12.1 Å². The molecule has 0 saturated heterocycles. The summed E-state index contributed by atoms with van der Waals surface area (Å²) in [5.74, 6) is -1.77. The summed E-state index contributed by atoms with van der Waals surface area (Å²) in [4.78, 5) is 33.6. The number of aliphatic carboxylic acids is 1. The monoisotopic (exact) mass is 874 g/mol. The molecule has 0 fully saturated rings. The predicted octanol–water partition coefficient (Wildman–Crippen LogP) is 14.5. The molecule has 3 atom stereocenters. The van der Waals surface area contributed by atoms with E-state index in [-0.39, 0.29) is 13.0 Å². The van der Waals surface area contributed by atoms with Crippen molar-refractivity contribution in [2.45, 2.75) is 264 Å². The van der Waals surface area contributed by atoms with Gasteiger partial charge in [0.25, 0.3) is 0 Å². The van der Waals surface area contributed by atoms with Gasteiger partial charge in [0.15, 0.2) is 0 Å². The minimum Gasteiger partial charge on any atom is -0.480 e. The third kappa shape index (κ3) is 44.8. The number of carboxylic acid groups (broad SMARTS) is 1. The number of phosphoric acid groups is 1. The highest BCUT2D eigenvalue weighted by atomic mass is 31.2. The van der Waals surface area contributed by atoms with Crippen LogP contribution in [0.3, 0.4) is 0 Å². The van der Waals surface area contributed by atoms with Crippen LogP contribution in [0.1, 0.15) is 251 Å². The molecule has 10 nitrogen and oxygen atoms in total. The standard InChI is InChI=1S/C49H96NO9P/c1-3-5-7-9-11-13-15-17-19-20-21-22-23-24-25-26-27-29-31-33-35-37-39-41-48(51)59-46(44-57-60(54,55)58-45-47(50)49(52)53)43-56-42-40-38-36-34-32-30-28-18-16-14-12-10-8-6-4-2/h16,18,46-47H,3-15,17,19-45,50H2,1-2H3,(H,52,53)(H,54,55)/b18-16-. The van der Waals surface area contributed by atoms with Crippen LogP contribution >= 0.6 is 7.82 Å². The van der Waals surface area contributed by atoms with Crippen LogP contribution in [0.4, 0.5) is 0 Å². The topological polar surface area (TPSA) is 155 Å². The zero-order chi connectivity index (χ0) is 44.0. The van der Waals surface area contributed by atoms with E-state index in [9.17, 15) is 19.0 Å². The van der Waals surface area contributed by atoms with Crippen molar-refractivity contribution in [1.82, 2.24) is 0 Å². The number of hydrogen-bond acceptors (Lipinski definition) is 8. The number of esters is 1. The van der Waals surface area contributed by atoms with Gasteiger partial charge in [-0.15, -0.1) is 0 Å². The average Bonchev–Trinajstić information content (AvgIpc) is 3.23. The number of carbonyl (C=O) groups excluding carboxylic acids is 1. The maximum atomic E-state index is 12.7. The zero-order valence-corrected chi connectivity index (χ0v) is 40.0. The third-order valence-electron chi connectivity index (χ3n) is 11.3. The molecule has 0 rings (SSSR count). The zero-order valence-electron chi connectivity index (χ0n) is 39.1.